The number of aliphatic imine (C=N–C) groups is 1. The van der Waals surface area contributed by atoms with E-state index in [1.54, 1.807) is 0 Å². The third-order valence-electron chi connectivity index (χ3n) is 6.63. The summed E-state index contributed by atoms with van der Waals surface area (Å²) in [6, 6.07) is 16.1. The first-order valence-electron chi connectivity index (χ1n) is 11.6. The molecule has 1 amide bonds. The molecule has 1 N–H and O–H groups in total. The third kappa shape index (κ3) is 4.17. The van der Waals surface area contributed by atoms with Crippen molar-refractivity contribution in [3.05, 3.63) is 54.1 Å². The van der Waals surface area contributed by atoms with Crippen LogP contribution in [0.5, 0.6) is 0 Å². The lowest BCUT2D eigenvalue weighted by molar-refractivity contribution is -0.131. The molecule has 33 heavy (non-hydrogen) atoms. The molecular weight excluding hydrogens is 419 g/mol. The summed E-state index contributed by atoms with van der Waals surface area (Å²) in [6.07, 6.45) is 5.57. The average molecular weight is 447 g/mol. The minimum atomic E-state index is -0.575. The highest BCUT2D eigenvalue weighted by atomic mass is 19.1. The molecule has 0 unspecified atom stereocenters. The molecule has 5 rings (SSSR count). The van der Waals surface area contributed by atoms with E-state index in [4.69, 9.17) is 4.99 Å². The Balaban J connectivity index is 1.37. The van der Waals surface area contributed by atoms with Gasteiger partial charge in [0.15, 0.2) is 0 Å². The first kappa shape index (κ1) is 21.4. The van der Waals surface area contributed by atoms with Crippen molar-refractivity contribution >= 4 is 11.7 Å². The summed E-state index contributed by atoms with van der Waals surface area (Å²) in [5.74, 6) is 1.48. The number of aromatic amines is 1. The number of benzene rings is 2. The number of carbonyl (C=O) groups excluding carboxylic acids is 1. The number of nitrogens with zero attached hydrogens (tertiary/aromatic N) is 5. The largest absolute Gasteiger partial charge is 0.294 e. The van der Waals surface area contributed by atoms with Gasteiger partial charge >= 0.3 is 0 Å². The Morgan fingerprint density at radius 3 is 2.45 bits per heavy atom. The van der Waals surface area contributed by atoms with E-state index in [0.717, 1.165) is 53.8 Å². The van der Waals surface area contributed by atoms with Gasteiger partial charge in [0.1, 0.15) is 11.4 Å². The first-order chi connectivity index (χ1) is 16.2. The Morgan fingerprint density at radius 1 is 1.00 bits per heavy atom. The molecule has 2 aromatic carbocycles. The van der Waals surface area contributed by atoms with Crippen LogP contribution in [-0.4, -0.2) is 49.5 Å². The molecular formula is C25H27FN6O. The fourth-order valence-corrected chi connectivity index (χ4v) is 4.92. The normalized spacial score (nSPS) is 17.2. The quantitative estimate of drug-likeness (QED) is 0.507. The fraction of sp³-hybridized carbons (Fsp3) is 0.400. The molecule has 1 saturated carbocycles. The van der Waals surface area contributed by atoms with Gasteiger partial charge in [-0.1, -0.05) is 61.4 Å². The minimum absolute atomic E-state index is 0.113. The van der Waals surface area contributed by atoms with E-state index in [2.05, 4.69) is 44.9 Å². The lowest BCUT2D eigenvalue weighted by atomic mass is 9.97. The van der Waals surface area contributed by atoms with Crippen molar-refractivity contribution in [2.24, 2.45) is 4.99 Å². The van der Waals surface area contributed by atoms with Crippen LogP contribution < -0.4 is 0 Å². The van der Waals surface area contributed by atoms with Gasteiger partial charge in [-0.05, 0) is 47.6 Å². The highest BCUT2D eigenvalue weighted by Crippen LogP contribution is 2.40. The van der Waals surface area contributed by atoms with Gasteiger partial charge in [-0.25, -0.2) is 0 Å². The molecule has 7 nitrogen and oxygen atoms in total. The number of halogens is 1. The third-order valence-corrected chi connectivity index (χ3v) is 6.63. The van der Waals surface area contributed by atoms with E-state index >= 15 is 0 Å². The van der Waals surface area contributed by atoms with E-state index in [1.807, 2.05) is 29.2 Å². The molecule has 1 aliphatic carbocycles. The van der Waals surface area contributed by atoms with Gasteiger partial charge in [-0.2, -0.15) is 5.21 Å². The molecule has 0 bridgehead atoms. The number of hydrogen-bond donors (Lipinski definition) is 1. The van der Waals surface area contributed by atoms with Crippen LogP contribution in [0.15, 0.2) is 53.5 Å². The van der Waals surface area contributed by atoms with Crippen LogP contribution in [0.3, 0.4) is 0 Å². The van der Waals surface area contributed by atoms with Crippen molar-refractivity contribution in [1.29, 1.82) is 0 Å². The zero-order chi connectivity index (χ0) is 22.7. The van der Waals surface area contributed by atoms with Gasteiger partial charge in [0.05, 0.1) is 13.2 Å². The number of H-pyrrole nitrogens is 1. The van der Waals surface area contributed by atoms with E-state index < -0.39 is 5.54 Å². The predicted octanol–water partition coefficient (Wildman–Crippen LogP) is 4.73. The van der Waals surface area contributed by atoms with E-state index in [0.29, 0.717) is 31.6 Å². The van der Waals surface area contributed by atoms with Gasteiger partial charge in [0.25, 0.3) is 5.91 Å². The van der Waals surface area contributed by atoms with E-state index in [1.165, 1.54) is 0 Å². The lowest BCUT2D eigenvalue weighted by Crippen LogP contribution is -2.40. The molecule has 170 valence electrons. The molecule has 0 radical (unpaired) electrons. The second kappa shape index (κ2) is 9.21. The number of carbonyl (C=O) groups is 1. The van der Waals surface area contributed by atoms with Crippen LogP contribution >= 0.6 is 0 Å². The summed E-state index contributed by atoms with van der Waals surface area (Å²) in [5, 5.41) is 14.4. The standard InChI is InChI=1S/C25H27FN6O/c26-16-6-3-9-22-27-25(14-4-5-15-25)24(33)32(22)17-18-10-12-19(13-11-18)20-7-1-2-8-21(20)23-28-30-31-29-23/h1-2,7-8,10-13H,3-6,9,14-17H2,(H,28,29,30,31). The molecule has 2 aliphatic rings. The summed E-state index contributed by atoms with van der Waals surface area (Å²) < 4.78 is 12.6. The SMILES string of the molecule is O=C1N(Cc2ccc(-c3ccccc3-c3nn[nH]n3)cc2)C(CCCCF)=NC12CCCC2. The summed E-state index contributed by atoms with van der Waals surface area (Å²) in [5.41, 5.74) is 3.42. The lowest BCUT2D eigenvalue weighted by Gasteiger charge is -2.23. The van der Waals surface area contributed by atoms with Crippen LogP contribution in [0.1, 0.15) is 50.5 Å². The maximum atomic E-state index is 13.4. The Kier molecular flexibility index (Phi) is 5.98. The van der Waals surface area contributed by atoms with Gasteiger partial charge in [0, 0.05) is 12.0 Å². The van der Waals surface area contributed by atoms with Crippen molar-refractivity contribution in [3.8, 4) is 22.5 Å². The zero-order valence-electron chi connectivity index (χ0n) is 18.5. The predicted molar refractivity (Wildman–Crippen MR) is 124 cm³/mol. The maximum absolute atomic E-state index is 13.4. The van der Waals surface area contributed by atoms with Crippen LogP contribution in [0.25, 0.3) is 22.5 Å². The van der Waals surface area contributed by atoms with Crippen molar-refractivity contribution in [2.75, 3.05) is 6.67 Å². The number of tetrazole rings is 1. The van der Waals surface area contributed by atoms with Gasteiger partial charge in [-0.3, -0.25) is 19.1 Å². The van der Waals surface area contributed by atoms with Crippen molar-refractivity contribution < 1.29 is 9.18 Å². The maximum Gasteiger partial charge on any atom is 0.256 e. The van der Waals surface area contributed by atoms with Gasteiger partial charge in [0.2, 0.25) is 5.82 Å². The number of rotatable bonds is 8. The Hall–Kier alpha value is -3.42. The van der Waals surface area contributed by atoms with Crippen LogP contribution in [-0.2, 0) is 11.3 Å². The minimum Gasteiger partial charge on any atom is -0.294 e. The molecule has 1 spiro atoms. The molecule has 8 heteroatoms. The van der Waals surface area contributed by atoms with Crippen LogP contribution in [0.4, 0.5) is 4.39 Å². The second-order valence-corrected chi connectivity index (χ2v) is 8.78. The number of nitrogens with one attached hydrogen (secondary N) is 1. The fourth-order valence-electron chi connectivity index (χ4n) is 4.92. The topological polar surface area (TPSA) is 87.1 Å². The number of aromatic nitrogens is 4. The molecule has 1 fully saturated rings. The highest BCUT2D eigenvalue weighted by Gasteiger charge is 2.49. The van der Waals surface area contributed by atoms with Crippen LogP contribution in [0.2, 0.25) is 0 Å². The number of hydrogen-bond acceptors (Lipinski definition) is 5. The van der Waals surface area contributed by atoms with Gasteiger partial charge < -0.3 is 0 Å². The monoisotopic (exact) mass is 446 g/mol. The zero-order valence-corrected chi connectivity index (χ0v) is 18.5. The summed E-state index contributed by atoms with van der Waals surface area (Å²) in [7, 11) is 0. The Bertz CT molecular complexity index is 1140. The van der Waals surface area contributed by atoms with Crippen molar-refractivity contribution in [1.82, 2.24) is 25.5 Å². The summed E-state index contributed by atoms with van der Waals surface area (Å²) in [6.45, 7) is 0.154. The van der Waals surface area contributed by atoms with Crippen molar-refractivity contribution in [2.45, 2.75) is 57.0 Å². The number of amides is 1. The van der Waals surface area contributed by atoms with Gasteiger partial charge in [-0.15, -0.1) is 10.2 Å². The van der Waals surface area contributed by atoms with Crippen molar-refractivity contribution in [3.63, 3.8) is 0 Å². The molecule has 3 aromatic rings. The number of unbranched alkanes of at least 4 members (excludes halogenated alkanes) is 1. The second-order valence-electron chi connectivity index (χ2n) is 8.78. The molecule has 0 saturated heterocycles. The van der Waals surface area contributed by atoms with Crippen LogP contribution in [0, 0.1) is 0 Å². The average Bonchev–Trinajstić information content (AvgIpc) is 3.59. The summed E-state index contributed by atoms with van der Waals surface area (Å²) in [4.78, 5) is 20.1. The molecule has 2 heterocycles. The summed E-state index contributed by atoms with van der Waals surface area (Å²) >= 11 is 0. The number of alkyl halides is 1. The van der Waals surface area contributed by atoms with E-state index in [9.17, 15) is 9.18 Å². The number of amidine groups is 1. The molecule has 0 atom stereocenters. The Morgan fingerprint density at radius 2 is 1.76 bits per heavy atom. The molecule has 1 aromatic heterocycles. The highest BCUT2D eigenvalue weighted by molar-refractivity contribution is 6.08. The molecule has 1 aliphatic heterocycles. The first-order valence-corrected chi connectivity index (χ1v) is 11.6. The Labute approximate surface area is 192 Å². The smallest absolute Gasteiger partial charge is 0.256 e. The van der Waals surface area contributed by atoms with E-state index in [-0.39, 0.29) is 12.6 Å².